The van der Waals surface area contributed by atoms with Gasteiger partial charge in [0.25, 0.3) is 5.91 Å². The highest BCUT2D eigenvalue weighted by Crippen LogP contribution is 2.27. The molecule has 4 rings (SSSR count). The molecule has 0 bridgehead atoms. The molecule has 1 aliphatic rings. The molecule has 27 heavy (non-hydrogen) atoms. The number of hydrogen-bond acceptors (Lipinski definition) is 4. The van der Waals surface area contributed by atoms with Crippen LogP contribution in [0.4, 0.5) is 0 Å². The standard InChI is InChI=1S/C20H21ClN4O2/c1-22-13-16-7-3-9-24(16)20(26)17-12-18(19-8-4-10-27-19)25(23-17)15-6-2-5-14(21)11-15/h2,4-6,8,10-12,16,22H,3,7,9,13H2,1H3. The molecule has 2 aromatic heterocycles. The molecular weight excluding hydrogens is 364 g/mol. The average Bonchev–Trinajstić information content (AvgIpc) is 3.41. The van der Waals surface area contributed by atoms with Gasteiger partial charge in [-0.1, -0.05) is 17.7 Å². The van der Waals surface area contributed by atoms with Crippen LogP contribution in [-0.4, -0.2) is 46.8 Å². The van der Waals surface area contributed by atoms with E-state index in [1.807, 2.05) is 42.3 Å². The lowest BCUT2D eigenvalue weighted by atomic mass is 10.2. The van der Waals surface area contributed by atoms with E-state index in [4.69, 9.17) is 16.0 Å². The molecule has 1 saturated heterocycles. The second-order valence-electron chi connectivity index (χ2n) is 6.64. The maximum atomic E-state index is 13.1. The van der Waals surface area contributed by atoms with Gasteiger partial charge in [-0.2, -0.15) is 5.10 Å². The number of likely N-dealkylation sites (N-methyl/N-ethyl adjacent to an activating group) is 1. The Morgan fingerprint density at radius 1 is 1.33 bits per heavy atom. The zero-order valence-corrected chi connectivity index (χ0v) is 15.8. The first kappa shape index (κ1) is 17.8. The monoisotopic (exact) mass is 384 g/mol. The van der Waals surface area contributed by atoms with Gasteiger partial charge in [0.1, 0.15) is 5.69 Å². The Labute approximate surface area is 162 Å². The first-order valence-corrected chi connectivity index (χ1v) is 9.40. The van der Waals surface area contributed by atoms with Crippen molar-refractivity contribution >= 4 is 17.5 Å². The van der Waals surface area contributed by atoms with E-state index in [9.17, 15) is 4.79 Å². The number of benzene rings is 1. The average molecular weight is 385 g/mol. The summed E-state index contributed by atoms with van der Waals surface area (Å²) >= 11 is 6.15. The van der Waals surface area contributed by atoms with Gasteiger partial charge in [-0.15, -0.1) is 0 Å². The van der Waals surface area contributed by atoms with Crippen LogP contribution in [-0.2, 0) is 0 Å². The Bertz CT molecular complexity index is 935. The summed E-state index contributed by atoms with van der Waals surface area (Å²) < 4.78 is 7.27. The van der Waals surface area contributed by atoms with Crippen LogP contribution in [0.1, 0.15) is 23.3 Å². The van der Waals surface area contributed by atoms with Gasteiger partial charge in [0.15, 0.2) is 11.5 Å². The zero-order chi connectivity index (χ0) is 18.8. The second kappa shape index (κ2) is 7.58. The van der Waals surface area contributed by atoms with Crippen LogP contribution >= 0.6 is 11.6 Å². The molecule has 1 unspecified atom stereocenters. The summed E-state index contributed by atoms with van der Waals surface area (Å²) in [6.07, 6.45) is 3.63. The number of carbonyl (C=O) groups is 1. The Kier molecular flexibility index (Phi) is 5.01. The highest BCUT2D eigenvalue weighted by atomic mass is 35.5. The third-order valence-corrected chi connectivity index (χ3v) is 5.07. The van der Waals surface area contributed by atoms with Crippen molar-refractivity contribution in [1.82, 2.24) is 20.0 Å². The van der Waals surface area contributed by atoms with Crippen LogP contribution in [0.5, 0.6) is 0 Å². The molecule has 1 amide bonds. The fraction of sp³-hybridized carbons (Fsp3) is 0.300. The number of aromatic nitrogens is 2. The Morgan fingerprint density at radius 2 is 2.22 bits per heavy atom. The highest BCUT2D eigenvalue weighted by Gasteiger charge is 2.31. The van der Waals surface area contributed by atoms with Gasteiger partial charge in [-0.25, -0.2) is 4.68 Å². The third-order valence-electron chi connectivity index (χ3n) is 4.83. The molecular formula is C20H21ClN4O2. The van der Waals surface area contributed by atoms with Crippen LogP contribution in [0.2, 0.25) is 5.02 Å². The van der Waals surface area contributed by atoms with E-state index in [1.165, 1.54) is 0 Å². The molecule has 1 N–H and O–H groups in total. The molecule has 140 valence electrons. The van der Waals surface area contributed by atoms with Crippen molar-refractivity contribution in [3.05, 3.63) is 59.4 Å². The second-order valence-corrected chi connectivity index (χ2v) is 7.07. The number of halogens is 1. The van der Waals surface area contributed by atoms with Gasteiger partial charge in [-0.05, 0) is 50.2 Å². The van der Waals surface area contributed by atoms with Crippen molar-refractivity contribution in [2.45, 2.75) is 18.9 Å². The molecule has 0 radical (unpaired) electrons. The number of nitrogens with zero attached hydrogens (tertiary/aromatic N) is 3. The Hall–Kier alpha value is -2.57. The molecule has 1 atom stereocenters. The minimum absolute atomic E-state index is 0.0543. The molecule has 1 fully saturated rings. The van der Waals surface area contributed by atoms with E-state index in [0.717, 1.165) is 37.3 Å². The number of amides is 1. The van der Waals surface area contributed by atoms with Gasteiger partial charge < -0.3 is 14.6 Å². The number of carbonyl (C=O) groups excluding carboxylic acids is 1. The first-order chi connectivity index (χ1) is 13.2. The predicted molar refractivity (Wildman–Crippen MR) is 104 cm³/mol. The zero-order valence-electron chi connectivity index (χ0n) is 15.1. The lowest BCUT2D eigenvalue weighted by Gasteiger charge is -2.23. The highest BCUT2D eigenvalue weighted by molar-refractivity contribution is 6.30. The molecule has 1 aliphatic heterocycles. The first-order valence-electron chi connectivity index (χ1n) is 9.03. The SMILES string of the molecule is CNCC1CCCN1C(=O)c1cc(-c2ccco2)n(-c2cccc(Cl)c2)n1. The minimum Gasteiger partial charge on any atom is -0.463 e. The summed E-state index contributed by atoms with van der Waals surface area (Å²) in [7, 11) is 1.91. The molecule has 1 aromatic carbocycles. The topological polar surface area (TPSA) is 63.3 Å². The molecule has 6 nitrogen and oxygen atoms in total. The summed E-state index contributed by atoms with van der Waals surface area (Å²) in [4.78, 5) is 15.0. The van der Waals surface area contributed by atoms with E-state index in [-0.39, 0.29) is 11.9 Å². The van der Waals surface area contributed by atoms with Crippen LogP contribution < -0.4 is 5.32 Å². The van der Waals surface area contributed by atoms with E-state index in [0.29, 0.717) is 16.5 Å². The van der Waals surface area contributed by atoms with E-state index in [1.54, 1.807) is 23.1 Å². The quantitative estimate of drug-likeness (QED) is 0.729. The van der Waals surface area contributed by atoms with Crippen molar-refractivity contribution in [1.29, 1.82) is 0 Å². The van der Waals surface area contributed by atoms with Crippen molar-refractivity contribution in [3.63, 3.8) is 0 Å². The Balaban J connectivity index is 1.74. The Morgan fingerprint density at radius 3 is 2.96 bits per heavy atom. The number of hydrogen-bond donors (Lipinski definition) is 1. The van der Waals surface area contributed by atoms with Gasteiger partial charge in [0, 0.05) is 30.2 Å². The fourth-order valence-electron chi connectivity index (χ4n) is 3.59. The van der Waals surface area contributed by atoms with Gasteiger partial charge in [0.05, 0.1) is 12.0 Å². The summed E-state index contributed by atoms with van der Waals surface area (Å²) in [5.74, 6) is 0.594. The molecule has 7 heteroatoms. The minimum atomic E-state index is -0.0543. The number of furan rings is 1. The largest absolute Gasteiger partial charge is 0.463 e. The van der Waals surface area contributed by atoms with Crippen molar-refractivity contribution in [3.8, 4) is 17.1 Å². The van der Waals surface area contributed by atoms with E-state index < -0.39 is 0 Å². The fourth-order valence-corrected chi connectivity index (χ4v) is 3.77. The number of rotatable bonds is 5. The van der Waals surface area contributed by atoms with Crippen molar-refractivity contribution in [2.24, 2.45) is 0 Å². The summed E-state index contributed by atoms with van der Waals surface area (Å²) in [5, 5.41) is 8.38. The van der Waals surface area contributed by atoms with Gasteiger partial charge >= 0.3 is 0 Å². The van der Waals surface area contributed by atoms with Crippen LogP contribution in [0.15, 0.2) is 53.1 Å². The third kappa shape index (κ3) is 3.50. The molecule has 3 heterocycles. The molecule has 3 aromatic rings. The summed E-state index contributed by atoms with van der Waals surface area (Å²) in [6, 6.07) is 13.0. The van der Waals surface area contributed by atoms with Crippen molar-refractivity contribution in [2.75, 3.05) is 20.1 Å². The van der Waals surface area contributed by atoms with Crippen LogP contribution in [0, 0.1) is 0 Å². The predicted octanol–water partition coefficient (Wildman–Crippen LogP) is 3.61. The summed E-state index contributed by atoms with van der Waals surface area (Å²) in [6.45, 7) is 1.54. The van der Waals surface area contributed by atoms with E-state index in [2.05, 4.69) is 10.4 Å². The normalized spacial score (nSPS) is 16.8. The van der Waals surface area contributed by atoms with Crippen LogP contribution in [0.25, 0.3) is 17.1 Å². The number of likely N-dealkylation sites (tertiary alicyclic amines) is 1. The lowest BCUT2D eigenvalue weighted by molar-refractivity contribution is 0.0730. The lowest BCUT2D eigenvalue weighted by Crippen LogP contribution is -2.41. The van der Waals surface area contributed by atoms with Gasteiger partial charge in [0.2, 0.25) is 0 Å². The smallest absolute Gasteiger partial charge is 0.274 e. The van der Waals surface area contributed by atoms with E-state index >= 15 is 0 Å². The summed E-state index contributed by atoms with van der Waals surface area (Å²) in [5.41, 5.74) is 1.90. The number of nitrogens with one attached hydrogen (secondary N) is 1. The maximum Gasteiger partial charge on any atom is 0.274 e. The van der Waals surface area contributed by atoms with Gasteiger partial charge in [-0.3, -0.25) is 4.79 Å². The van der Waals surface area contributed by atoms with Crippen LogP contribution in [0.3, 0.4) is 0 Å². The maximum absolute atomic E-state index is 13.1. The molecule has 0 saturated carbocycles. The molecule has 0 spiro atoms. The molecule has 0 aliphatic carbocycles. The van der Waals surface area contributed by atoms with Crippen molar-refractivity contribution < 1.29 is 9.21 Å².